The summed E-state index contributed by atoms with van der Waals surface area (Å²) >= 11 is 0. The average Bonchev–Trinajstić information content (AvgIpc) is 3.17. The van der Waals surface area contributed by atoms with Gasteiger partial charge in [-0.25, -0.2) is 0 Å². The summed E-state index contributed by atoms with van der Waals surface area (Å²) in [7, 11) is 0. The van der Waals surface area contributed by atoms with Crippen molar-refractivity contribution in [1.82, 2.24) is 0 Å². The number of hydrogen-bond donors (Lipinski definition) is 0. The molecule has 0 radical (unpaired) electrons. The molecule has 5 aliphatic rings. The largest absolute Gasteiger partial charge is 0.357 e. The molecule has 4 aliphatic carbocycles. The van der Waals surface area contributed by atoms with Crippen LogP contribution in [0.5, 0.6) is 0 Å². The first-order valence-corrected chi connectivity index (χ1v) is 9.16. The lowest BCUT2D eigenvalue weighted by atomic mass is 9.45. The zero-order valence-corrected chi connectivity index (χ0v) is 13.7. The Morgan fingerprint density at radius 1 is 0.955 bits per heavy atom. The van der Waals surface area contributed by atoms with Gasteiger partial charge in [-0.3, -0.25) is 9.59 Å². The van der Waals surface area contributed by atoms with Gasteiger partial charge in [0, 0.05) is 23.7 Å². The second-order valence-corrected chi connectivity index (χ2v) is 9.10. The second-order valence-electron chi connectivity index (χ2n) is 9.10. The van der Waals surface area contributed by atoms with Crippen LogP contribution in [-0.2, 0) is 14.3 Å². The van der Waals surface area contributed by atoms with Gasteiger partial charge in [-0.2, -0.15) is 0 Å². The summed E-state index contributed by atoms with van der Waals surface area (Å²) in [6, 6.07) is 0. The van der Waals surface area contributed by atoms with E-state index in [1.165, 1.54) is 0 Å². The van der Waals surface area contributed by atoms with Crippen molar-refractivity contribution in [2.75, 3.05) is 0 Å². The molecule has 1 saturated heterocycles. The van der Waals surface area contributed by atoms with E-state index in [0.717, 1.165) is 44.9 Å². The summed E-state index contributed by atoms with van der Waals surface area (Å²) in [5, 5.41) is 0. The minimum absolute atomic E-state index is 0.0453. The Labute approximate surface area is 132 Å². The third kappa shape index (κ3) is 1.31. The Kier molecular flexibility index (Phi) is 2.40. The molecule has 22 heavy (non-hydrogen) atoms. The van der Waals surface area contributed by atoms with Gasteiger partial charge < -0.3 is 4.74 Å². The van der Waals surface area contributed by atoms with Crippen molar-refractivity contribution in [3.63, 3.8) is 0 Å². The van der Waals surface area contributed by atoms with Gasteiger partial charge in [-0.1, -0.05) is 13.8 Å². The molecule has 4 saturated carbocycles. The van der Waals surface area contributed by atoms with Gasteiger partial charge >= 0.3 is 0 Å². The summed E-state index contributed by atoms with van der Waals surface area (Å²) in [5.74, 6) is 2.78. The Balaban J connectivity index is 1.52. The fraction of sp³-hybridized carbons (Fsp3) is 0.895. The number of carbonyl (C=O) groups is 2. The lowest BCUT2D eigenvalue weighted by molar-refractivity contribution is -0.140. The summed E-state index contributed by atoms with van der Waals surface area (Å²) < 4.78 is 6.07. The van der Waals surface area contributed by atoms with E-state index in [2.05, 4.69) is 13.8 Å². The first-order chi connectivity index (χ1) is 10.4. The normalized spacial score (nSPS) is 59.4. The van der Waals surface area contributed by atoms with E-state index >= 15 is 0 Å². The molecule has 5 rings (SSSR count). The van der Waals surface area contributed by atoms with Gasteiger partial charge in [0.1, 0.15) is 17.5 Å². The average molecular weight is 302 g/mol. The van der Waals surface area contributed by atoms with Gasteiger partial charge in [0.15, 0.2) is 5.78 Å². The van der Waals surface area contributed by atoms with E-state index in [1.807, 2.05) is 0 Å². The first-order valence-electron chi connectivity index (χ1n) is 9.16. The van der Waals surface area contributed by atoms with Gasteiger partial charge in [-0.15, -0.1) is 0 Å². The molecule has 3 unspecified atom stereocenters. The summed E-state index contributed by atoms with van der Waals surface area (Å²) in [4.78, 5) is 24.5. The van der Waals surface area contributed by atoms with Crippen LogP contribution in [0.4, 0.5) is 0 Å². The topological polar surface area (TPSA) is 46.7 Å². The van der Waals surface area contributed by atoms with Gasteiger partial charge in [0.2, 0.25) is 0 Å². The maximum atomic E-state index is 12.4. The zero-order valence-electron chi connectivity index (χ0n) is 13.7. The maximum absolute atomic E-state index is 12.4. The van der Waals surface area contributed by atoms with E-state index < -0.39 is 0 Å². The number of carbonyl (C=O) groups excluding carboxylic acids is 2. The lowest BCUT2D eigenvalue weighted by Gasteiger charge is -2.58. The van der Waals surface area contributed by atoms with Crippen LogP contribution < -0.4 is 0 Å². The summed E-state index contributed by atoms with van der Waals surface area (Å²) in [5.41, 5.74) is -0.00234. The highest BCUT2D eigenvalue weighted by molar-refractivity contribution is 5.89. The van der Waals surface area contributed by atoms with Crippen LogP contribution in [0.2, 0.25) is 0 Å². The zero-order chi connectivity index (χ0) is 15.3. The predicted molar refractivity (Wildman–Crippen MR) is 81.2 cm³/mol. The number of rotatable bonds is 0. The van der Waals surface area contributed by atoms with Crippen molar-refractivity contribution in [1.29, 1.82) is 0 Å². The third-order valence-corrected chi connectivity index (χ3v) is 8.66. The van der Waals surface area contributed by atoms with Crippen molar-refractivity contribution in [3.05, 3.63) is 0 Å². The first kappa shape index (κ1) is 13.7. The number of ether oxygens (including phenoxy) is 1. The molecule has 0 N–H and O–H groups in total. The molecule has 3 heteroatoms. The summed E-state index contributed by atoms with van der Waals surface area (Å²) in [6.45, 7) is 4.63. The van der Waals surface area contributed by atoms with Gasteiger partial charge in [0.25, 0.3) is 0 Å². The number of hydrogen-bond acceptors (Lipinski definition) is 3. The molecule has 1 spiro atoms. The molecule has 0 aromatic heterocycles. The molecule has 5 fully saturated rings. The third-order valence-electron chi connectivity index (χ3n) is 8.66. The van der Waals surface area contributed by atoms with Crippen LogP contribution in [0.25, 0.3) is 0 Å². The smallest absolute Gasteiger partial charge is 0.164 e. The molecule has 3 nitrogen and oxygen atoms in total. The quantitative estimate of drug-likeness (QED) is 0.645. The molecule has 0 amide bonds. The van der Waals surface area contributed by atoms with Crippen LogP contribution in [-0.4, -0.2) is 23.3 Å². The minimum Gasteiger partial charge on any atom is -0.357 e. The molecule has 0 aromatic rings. The van der Waals surface area contributed by atoms with Crippen LogP contribution in [0.1, 0.15) is 65.2 Å². The van der Waals surface area contributed by atoms with Crippen LogP contribution in [0, 0.1) is 28.6 Å². The number of fused-ring (bicyclic) bond motifs is 4. The molecule has 7 atom stereocenters. The number of Topliss-reactive ketones (excluding diaryl/α,β-unsaturated/α-hetero) is 2. The standard InChI is InChI=1S/C19H26O3/c1-17-8-6-13-11(12(17)3-4-15(17)21)5-10-19-16(22-19)14(20)7-9-18(13,19)2/h11-13,16H,3-10H2,1-2H3/t11-,12-,13-,16+,17?,18?,19?/m0/s1. The maximum Gasteiger partial charge on any atom is 0.164 e. The fourth-order valence-corrected chi connectivity index (χ4v) is 7.27. The minimum atomic E-state index is -0.125. The van der Waals surface area contributed by atoms with Crippen molar-refractivity contribution in [2.24, 2.45) is 28.6 Å². The molecular weight excluding hydrogens is 276 g/mol. The molecule has 0 bridgehead atoms. The molecule has 1 heterocycles. The molecule has 0 aromatic carbocycles. The van der Waals surface area contributed by atoms with Crippen molar-refractivity contribution in [3.8, 4) is 0 Å². The Morgan fingerprint density at radius 3 is 2.59 bits per heavy atom. The van der Waals surface area contributed by atoms with E-state index in [-0.39, 0.29) is 22.5 Å². The SMILES string of the molecule is CC12CC[C@H]3[C@@H](CCC45O[C@@H]4C(=O)CCC35C)[C@@H]1CCC2=O. The molecule has 120 valence electrons. The summed E-state index contributed by atoms with van der Waals surface area (Å²) in [6.07, 6.45) is 7.93. The van der Waals surface area contributed by atoms with E-state index in [9.17, 15) is 9.59 Å². The highest BCUT2D eigenvalue weighted by Gasteiger charge is 2.76. The molecule has 1 aliphatic heterocycles. The van der Waals surface area contributed by atoms with E-state index in [4.69, 9.17) is 4.74 Å². The molecular formula is C19H26O3. The van der Waals surface area contributed by atoms with Crippen LogP contribution in [0.15, 0.2) is 0 Å². The Morgan fingerprint density at radius 2 is 1.77 bits per heavy atom. The van der Waals surface area contributed by atoms with Crippen molar-refractivity contribution < 1.29 is 14.3 Å². The lowest BCUT2D eigenvalue weighted by Crippen LogP contribution is -2.58. The highest BCUT2D eigenvalue weighted by atomic mass is 16.6. The van der Waals surface area contributed by atoms with Gasteiger partial charge in [-0.05, 0) is 56.3 Å². The van der Waals surface area contributed by atoms with Crippen LogP contribution >= 0.6 is 0 Å². The number of ketones is 2. The van der Waals surface area contributed by atoms with Gasteiger partial charge in [0.05, 0.1) is 0 Å². The second kappa shape index (κ2) is 3.85. The fourth-order valence-electron chi connectivity index (χ4n) is 7.27. The number of epoxide rings is 1. The Bertz CT molecular complexity index is 583. The monoisotopic (exact) mass is 302 g/mol. The van der Waals surface area contributed by atoms with Crippen LogP contribution in [0.3, 0.4) is 0 Å². The Hall–Kier alpha value is -0.700. The van der Waals surface area contributed by atoms with E-state index in [1.54, 1.807) is 0 Å². The van der Waals surface area contributed by atoms with Crippen molar-refractivity contribution >= 4 is 11.6 Å². The predicted octanol–water partition coefficient (Wildman–Crippen LogP) is 3.30. The highest BCUT2D eigenvalue weighted by Crippen LogP contribution is 2.71. The van der Waals surface area contributed by atoms with Crippen molar-refractivity contribution in [2.45, 2.75) is 76.9 Å². The van der Waals surface area contributed by atoms with E-state index in [0.29, 0.717) is 35.7 Å².